The van der Waals surface area contributed by atoms with Crippen molar-refractivity contribution in [2.24, 2.45) is 0 Å². The Kier molecular flexibility index (Phi) is 1.97. The van der Waals surface area contributed by atoms with Gasteiger partial charge in [-0.1, -0.05) is 22.0 Å². The Morgan fingerprint density at radius 3 is 3.08 bits per heavy atom. The van der Waals surface area contributed by atoms with E-state index in [0.717, 1.165) is 10.0 Å². The Morgan fingerprint density at radius 2 is 2.31 bits per heavy atom. The number of hydrogen-bond acceptors (Lipinski definition) is 3. The molecule has 1 aliphatic rings. The second kappa shape index (κ2) is 3.01. The molecule has 2 rings (SSSR count). The van der Waals surface area contributed by atoms with Crippen LogP contribution >= 0.6 is 15.9 Å². The zero-order chi connectivity index (χ0) is 9.42. The second-order valence-corrected chi connectivity index (χ2v) is 3.57. The topological polar surface area (TPSA) is 52.6 Å². The van der Waals surface area contributed by atoms with Gasteiger partial charge in [0, 0.05) is 16.6 Å². The Hall–Kier alpha value is -1.07. The number of nitrogens with zero attached hydrogens (tertiary/aromatic N) is 1. The lowest BCUT2D eigenvalue weighted by Gasteiger charge is -2.32. The summed E-state index contributed by atoms with van der Waals surface area (Å²) < 4.78 is 5.59. The summed E-state index contributed by atoms with van der Waals surface area (Å²) in [7, 11) is 0. The molecule has 0 atom stereocenters. The van der Waals surface area contributed by atoms with Crippen molar-refractivity contribution in [3.05, 3.63) is 33.4 Å². The monoisotopic (exact) mass is 242 g/mol. The first kappa shape index (κ1) is 8.52. The normalized spacial score (nSPS) is 15.2. The molecule has 0 N–H and O–H groups in total. The van der Waals surface area contributed by atoms with E-state index < -0.39 is 6.09 Å². The number of amides is 1. The second-order valence-electron chi connectivity index (χ2n) is 2.66. The molecular weight excluding hydrogens is 238 g/mol. The van der Waals surface area contributed by atoms with Gasteiger partial charge >= 0.3 is 6.09 Å². The summed E-state index contributed by atoms with van der Waals surface area (Å²) in [6, 6.07) is 5.21. The van der Waals surface area contributed by atoms with Crippen LogP contribution in [0.15, 0.2) is 22.7 Å². The van der Waals surface area contributed by atoms with Crippen molar-refractivity contribution < 1.29 is 9.53 Å². The molecule has 0 aromatic heterocycles. The Balaban J connectivity index is 2.42. The van der Waals surface area contributed by atoms with Crippen molar-refractivity contribution in [3.63, 3.8) is 0 Å². The minimum atomic E-state index is -0.856. The summed E-state index contributed by atoms with van der Waals surface area (Å²) in [5, 5.41) is 11.2. The van der Waals surface area contributed by atoms with E-state index in [-0.39, 0.29) is 11.6 Å². The lowest BCUT2D eigenvalue weighted by molar-refractivity contribution is 0.158. The van der Waals surface area contributed by atoms with Crippen LogP contribution < -0.4 is 4.74 Å². The molecule has 1 amide bonds. The number of hydroxylamine groups is 2. The van der Waals surface area contributed by atoms with E-state index in [9.17, 15) is 10.0 Å². The van der Waals surface area contributed by atoms with Crippen molar-refractivity contribution in [1.29, 1.82) is 0 Å². The third-order valence-corrected chi connectivity index (χ3v) is 2.24. The first-order valence-corrected chi connectivity index (χ1v) is 4.41. The van der Waals surface area contributed by atoms with Gasteiger partial charge in [0.15, 0.2) is 0 Å². The molecule has 4 nitrogen and oxygen atoms in total. The number of fused-ring (bicyclic) bond motifs is 1. The predicted molar refractivity (Wildman–Crippen MR) is 49.1 cm³/mol. The minimum absolute atomic E-state index is 0.0570. The molecular formula is C8H5BrNO3-. The van der Waals surface area contributed by atoms with Crippen LogP contribution in [0, 0.1) is 5.21 Å². The minimum Gasteiger partial charge on any atom is -0.753 e. The summed E-state index contributed by atoms with van der Waals surface area (Å²) in [4.78, 5) is 10.8. The van der Waals surface area contributed by atoms with Gasteiger partial charge in [-0.3, -0.25) is 0 Å². The van der Waals surface area contributed by atoms with Crippen molar-refractivity contribution >= 4 is 22.0 Å². The molecule has 1 aliphatic heterocycles. The predicted octanol–water partition coefficient (Wildman–Crippen LogP) is 2.26. The standard InChI is InChI=1S/C8H5BrNO3/c9-6-2-1-5-4-10(12)8(11)13-7(5)3-6/h1-3H,4H2/q-1. The average Bonchev–Trinajstić information content (AvgIpc) is 2.08. The fraction of sp³-hybridized carbons (Fsp3) is 0.125. The molecule has 0 saturated heterocycles. The third kappa shape index (κ3) is 1.52. The summed E-state index contributed by atoms with van der Waals surface area (Å²) in [5.41, 5.74) is 0.720. The highest BCUT2D eigenvalue weighted by Crippen LogP contribution is 2.28. The van der Waals surface area contributed by atoms with Crippen molar-refractivity contribution in [2.45, 2.75) is 6.54 Å². The smallest absolute Gasteiger partial charge is 0.404 e. The van der Waals surface area contributed by atoms with E-state index in [2.05, 4.69) is 15.9 Å². The van der Waals surface area contributed by atoms with Crippen LogP contribution in [0.3, 0.4) is 0 Å². The van der Waals surface area contributed by atoms with Gasteiger partial charge in [-0.2, -0.15) is 0 Å². The number of hydrogen-bond donors (Lipinski definition) is 0. The van der Waals surface area contributed by atoms with Crippen LogP contribution in [-0.4, -0.2) is 11.2 Å². The largest absolute Gasteiger partial charge is 0.753 e. The zero-order valence-corrected chi connectivity index (χ0v) is 8.08. The zero-order valence-electron chi connectivity index (χ0n) is 6.49. The molecule has 1 aromatic carbocycles. The summed E-state index contributed by atoms with van der Waals surface area (Å²) in [6.07, 6.45) is -0.856. The molecule has 0 fully saturated rings. The highest BCUT2D eigenvalue weighted by Gasteiger charge is 2.18. The first-order valence-electron chi connectivity index (χ1n) is 3.62. The molecule has 5 heteroatoms. The Labute approximate surface area is 82.8 Å². The van der Waals surface area contributed by atoms with Crippen LogP contribution in [-0.2, 0) is 6.54 Å². The fourth-order valence-electron chi connectivity index (χ4n) is 1.12. The van der Waals surface area contributed by atoms with E-state index >= 15 is 0 Å². The summed E-state index contributed by atoms with van der Waals surface area (Å²) >= 11 is 3.24. The van der Waals surface area contributed by atoms with E-state index in [1.165, 1.54) is 0 Å². The van der Waals surface area contributed by atoms with Gasteiger partial charge < -0.3 is 15.0 Å². The molecule has 0 aliphatic carbocycles. The van der Waals surface area contributed by atoms with Crippen LogP contribution in [0.5, 0.6) is 5.75 Å². The number of carbonyl (C=O) groups excluding carboxylic acids is 1. The van der Waals surface area contributed by atoms with Crippen LogP contribution in [0.25, 0.3) is 0 Å². The SMILES string of the molecule is O=C1Oc2cc(Br)ccc2CN1[O-]. The quantitative estimate of drug-likeness (QED) is 0.702. The molecule has 68 valence electrons. The number of halogens is 1. The maximum atomic E-state index is 10.9. The number of rotatable bonds is 0. The first-order chi connectivity index (χ1) is 6.16. The number of carbonyl (C=O) groups is 1. The van der Waals surface area contributed by atoms with Gasteiger partial charge in [0.05, 0.1) is 0 Å². The maximum Gasteiger partial charge on any atom is 0.404 e. The lowest BCUT2D eigenvalue weighted by atomic mass is 10.2. The van der Waals surface area contributed by atoms with E-state index in [4.69, 9.17) is 4.74 Å². The molecule has 13 heavy (non-hydrogen) atoms. The van der Waals surface area contributed by atoms with Gasteiger partial charge in [-0.15, -0.1) is 0 Å². The lowest BCUT2D eigenvalue weighted by Crippen LogP contribution is -2.32. The van der Waals surface area contributed by atoms with E-state index in [1.807, 2.05) is 0 Å². The summed E-state index contributed by atoms with van der Waals surface area (Å²) in [5.74, 6) is 0.450. The summed E-state index contributed by atoms with van der Waals surface area (Å²) in [6.45, 7) is 0.0570. The van der Waals surface area contributed by atoms with Gasteiger partial charge in [0.2, 0.25) is 0 Å². The van der Waals surface area contributed by atoms with E-state index in [0.29, 0.717) is 5.75 Å². The van der Waals surface area contributed by atoms with Crippen molar-refractivity contribution in [1.82, 2.24) is 5.06 Å². The van der Waals surface area contributed by atoms with Gasteiger partial charge in [0.1, 0.15) is 5.75 Å². The highest BCUT2D eigenvalue weighted by atomic mass is 79.9. The molecule has 0 unspecified atom stereocenters. The molecule has 1 heterocycles. The Morgan fingerprint density at radius 1 is 1.54 bits per heavy atom. The van der Waals surface area contributed by atoms with Gasteiger partial charge in [-0.25, -0.2) is 4.79 Å². The van der Waals surface area contributed by atoms with Crippen LogP contribution in [0.2, 0.25) is 0 Å². The van der Waals surface area contributed by atoms with Crippen molar-refractivity contribution in [3.8, 4) is 5.75 Å². The van der Waals surface area contributed by atoms with Gasteiger partial charge in [0.25, 0.3) is 0 Å². The van der Waals surface area contributed by atoms with Crippen LogP contribution in [0.4, 0.5) is 4.79 Å². The molecule has 0 saturated carbocycles. The van der Waals surface area contributed by atoms with Crippen LogP contribution in [0.1, 0.15) is 5.56 Å². The Bertz CT molecular complexity index is 366. The third-order valence-electron chi connectivity index (χ3n) is 1.74. The number of ether oxygens (including phenoxy) is 1. The maximum absolute atomic E-state index is 10.9. The van der Waals surface area contributed by atoms with Crippen molar-refractivity contribution in [2.75, 3.05) is 0 Å². The molecule has 0 bridgehead atoms. The number of benzene rings is 1. The molecule has 1 aromatic rings. The molecule has 0 radical (unpaired) electrons. The van der Waals surface area contributed by atoms with E-state index in [1.54, 1.807) is 18.2 Å². The molecule has 0 spiro atoms. The van der Waals surface area contributed by atoms with Gasteiger partial charge in [-0.05, 0) is 12.1 Å². The average molecular weight is 243 g/mol. The highest BCUT2D eigenvalue weighted by molar-refractivity contribution is 9.10. The fourth-order valence-corrected chi connectivity index (χ4v) is 1.46.